The van der Waals surface area contributed by atoms with Crippen molar-refractivity contribution in [2.75, 3.05) is 13.1 Å². The average Bonchev–Trinajstić information content (AvgIpc) is 3.22. The van der Waals surface area contributed by atoms with E-state index in [0.717, 1.165) is 35.1 Å². The van der Waals surface area contributed by atoms with Crippen LogP contribution >= 0.6 is 11.8 Å². The van der Waals surface area contributed by atoms with Gasteiger partial charge in [-0.15, -0.1) is 0 Å². The minimum atomic E-state index is -0.197. The van der Waals surface area contributed by atoms with Crippen molar-refractivity contribution in [2.45, 2.75) is 26.1 Å². The number of amidine groups is 1. The van der Waals surface area contributed by atoms with Gasteiger partial charge in [0.1, 0.15) is 0 Å². The predicted octanol–water partition coefficient (Wildman–Crippen LogP) is 3.16. The Bertz CT molecular complexity index is 865. The number of amides is 1. The van der Waals surface area contributed by atoms with Crippen LogP contribution in [0.5, 0.6) is 0 Å². The molecule has 2 aliphatic heterocycles. The van der Waals surface area contributed by atoms with Crippen molar-refractivity contribution in [1.82, 2.24) is 15.1 Å². The number of rotatable bonds is 2. The first-order valence-corrected chi connectivity index (χ1v) is 9.43. The average molecular weight is 368 g/mol. The van der Waals surface area contributed by atoms with Gasteiger partial charge in [0.05, 0.1) is 29.0 Å². The quantitative estimate of drug-likeness (QED) is 0.825. The molecular weight excluding hydrogens is 348 g/mol. The molecule has 0 radical (unpaired) electrons. The third-order valence-corrected chi connectivity index (χ3v) is 5.36. The molecule has 1 N–H and O–H groups in total. The molecule has 0 spiro atoms. The smallest absolute Gasteiger partial charge is 0.286 e. The highest BCUT2D eigenvalue weighted by molar-refractivity contribution is 8.18. The molecule has 7 heteroatoms. The first-order chi connectivity index (χ1) is 12.6. The van der Waals surface area contributed by atoms with Crippen LogP contribution in [0.4, 0.5) is 0 Å². The number of hydrogen-bond donors (Lipinski definition) is 1. The number of thioether (sulfide) groups is 1. The van der Waals surface area contributed by atoms with E-state index in [-0.39, 0.29) is 18.1 Å². The van der Waals surface area contributed by atoms with Gasteiger partial charge < -0.3 is 9.64 Å². The van der Waals surface area contributed by atoms with Gasteiger partial charge >= 0.3 is 0 Å². The summed E-state index contributed by atoms with van der Waals surface area (Å²) < 4.78 is 5.76. The number of aromatic amines is 1. The molecule has 2 aromatic rings. The SMILES string of the molecule is C[C@H]1CN(C2=NC(=O)/C(=C\c3cn[nH]c3-c3ccccc3)S2)C[C@H](C)O1. The molecular formula is C19H20N4O2S. The lowest BCUT2D eigenvalue weighted by molar-refractivity contribution is -0.113. The van der Waals surface area contributed by atoms with Crippen molar-refractivity contribution in [3.8, 4) is 11.3 Å². The number of ether oxygens (including phenoxy) is 1. The summed E-state index contributed by atoms with van der Waals surface area (Å²) in [6.07, 6.45) is 3.86. The lowest BCUT2D eigenvalue weighted by Crippen LogP contribution is -2.47. The van der Waals surface area contributed by atoms with Crippen LogP contribution in [-0.2, 0) is 9.53 Å². The molecule has 1 fully saturated rings. The van der Waals surface area contributed by atoms with Gasteiger partial charge in [0.25, 0.3) is 5.91 Å². The second kappa shape index (κ2) is 7.09. The minimum Gasteiger partial charge on any atom is -0.372 e. The fraction of sp³-hybridized carbons (Fsp3) is 0.316. The molecule has 2 atom stereocenters. The van der Waals surface area contributed by atoms with Crippen molar-refractivity contribution in [1.29, 1.82) is 0 Å². The zero-order valence-corrected chi connectivity index (χ0v) is 15.5. The summed E-state index contributed by atoms with van der Waals surface area (Å²) in [7, 11) is 0. The zero-order chi connectivity index (χ0) is 18.1. The highest BCUT2D eigenvalue weighted by atomic mass is 32.2. The molecule has 0 saturated carbocycles. The Hall–Kier alpha value is -2.38. The monoisotopic (exact) mass is 368 g/mol. The number of nitrogens with one attached hydrogen (secondary N) is 1. The summed E-state index contributed by atoms with van der Waals surface area (Å²) in [5.74, 6) is -0.197. The van der Waals surface area contributed by atoms with Crippen LogP contribution in [0.15, 0.2) is 46.4 Å². The number of hydrogen-bond acceptors (Lipinski definition) is 5. The van der Waals surface area contributed by atoms with Crippen LogP contribution < -0.4 is 0 Å². The summed E-state index contributed by atoms with van der Waals surface area (Å²) in [5.41, 5.74) is 2.81. The van der Waals surface area contributed by atoms with Crippen molar-refractivity contribution >= 4 is 28.9 Å². The highest BCUT2D eigenvalue weighted by Gasteiger charge is 2.31. The van der Waals surface area contributed by atoms with E-state index >= 15 is 0 Å². The van der Waals surface area contributed by atoms with Crippen LogP contribution in [0.2, 0.25) is 0 Å². The number of carbonyl (C=O) groups is 1. The van der Waals surface area contributed by atoms with Gasteiger partial charge in [-0.2, -0.15) is 10.1 Å². The van der Waals surface area contributed by atoms with Crippen molar-refractivity contribution in [2.24, 2.45) is 4.99 Å². The number of carbonyl (C=O) groups excluding carboxylic acids is 1. The van der Waals surface area contributed by atoms with Gasteiger partial charge in [-0.25, -0.2) is 0 Å². The zero-order valence-electron chi connectivity index (χ0n) is 14.7. The maximum absolute atomic E-state index is 12.4. The van der Waals surface area contributed by atoms with Gasteiger partial charge in [0, 0.05) is 24.2 Å². The molecule has 134 valence electrons. The molecule has 2 aliphatic rings. The van der Waals surface area contributed by atoms with Crippen LogP contribution in [-0.4, -0.2) is 51.5 Å². The Morgan fingerprint density at radius 2 is 1.96 bits per heavy atom. The molecule has 3 heterocycles. The molecule has 1 aromatic carbocycles. The predicted molar refractivity (Wildman–Crippen MR) is 104 cm³/mol. The number of nitrogens with zero attached hydrogens (tertiary/aromatic N) is 3. The molecule has 6 nitrogen and oxygen atoms in total. The summed E-state index contributed by atoms with van der Waals surface area (Å²) in [6, 6.07) is 9.95. The lowest BCUT2D eigenvalue weighted by Gasteiger charge is -2.35. The van der Waals surface area contributed by atoms with E-state index in [9.17, 15) is 4.79 Å². The molecule has 4 rings (SSSR count). The molecule has 0 unspecified atom stereocenters. The van der Waals surface area contributed by atoms with Gasteiger partial charge in [0.15, 0.2) is 5.17 Å². The summed E-state index contributed by atoms with van der Waals surface area (Å²) in [6.45, 7) is 5.58. The molecule has 1 amide bonds. The second-order valence-corrected chi connectivity index (χ2v) is 7.55. The van der Waals surface area contributed by atoms with Gasteiger partial charge in [-0.05, 0) is 31.7 Å². The Kier molecular flexibility index (Phi) is 4.65. The molecule has 1 saturated heterocycles. The van der Waals surface area contributed by atoms with E-state index in [2.05, 4.69) is 20.1 Å². The van der Waals surface area contributed by atoms with E-state index in [4.69, 9.17) is 4.74 Å². The largest absolute Gasteiger partial charge is 0.372 e. The number of benzene rings is 1. The fourth-order valence-corrected chi connectivity index (χ4v) is 4.17. The normalized spacial score (nSPS) is 25.0. The van der Waals surface area contributed by atoms with Crippen LogP contribution in [0, 0.1) is 0 Å². The van der Waals surface area contributed by atoms with Crippen molar-refractivity contribution in [3.63, 3.8) is 0 Å². The topological polar surface area (TPSA) is 70.6 Å². The molecule has 26 heavy (non-hydrogen) atoms. The van der Waals surface area contributed by atoms with E-state index in [1.165, 1.54) is 11.8 Å². The van der Waals surface area contributed by atoms with Gasteiger partial charge in [-0.3, -0.25) is 9.89 Å². The maximum Gasteiger partial charge on any atom is 0.286 e. The van der Waals surface area contributed by atoms with Crippen molar-refractivity contribution in [3.05, 3.63) is 47.0 Å². The number of morpholine rings is 1. The lowest BCUT2D eigenvalue weighted by atomic mass is 10.1. The maximum atomic E-state index is 12.4. The third kappa shape index (κ3) is 3.45. The Morgan fingerprint density at radius 1 is 1.23 bits per heavy atom. The Morgan fingerprint density at radius 3 is 2.69 bits per heavy atom. The van der Waals surface area contributed by atoms with Crippen molar-refractivity contribution < 1.29 is 9.53 Å². The van der Waals surface area contributed by atoms with Crippen LogP contribution in [0.3, 0.4) is 0 Å². The summed E-state index contributed by atoms with van der Waals surface area (Å²) in [4.78, 5) is 19.4. The van der Waals surface area contributed by atoms with Gasteiger partial charge in [-0.1, -0.05) is 30.3 Å². The molecule has 1 aromatic heterocycles. The van der Waals surface area contributed by atoms with Gasteiger partial charge in [0.2, 0.25) is 0 Å². The Labute approximate surface area is 156 Å². The Balaban J connectivity index is 1.56. The number of aromatic nitrogens is 2. The summed E-state index contributed by atoms with van der Waals surface area (Å²) in [5, 5.41) is 7.91. The van der Waals surface area contributed by atoms with Crippen LogP contribution in [0.25, 0.3) is 17.3 Å². The molecule has 0 aliphatic carbocycles. The van der Waals surface area contributed by atoms with E-state index in [1.54, 1.807) is 6.20 Å². The second-order valence-electron chi connectivity index (χ2n) is 6.54. The number of aliphatic imine (C=N–C) groups is 1. The first kappa shape index (κ1) is 17.1. The fourth-order valence-electron chi connectivity index (χ4n) is 3.25. The highest BCUT2D eigenvalue weighted by Crippen LogP contribution is 2.33. The van der Waals surface area contributed by atoms with E-state index in [1.807, 2.05) is 50.3 Å². The summed E-state index contributed by atoms with van der Waals surface area (Å²) >= 11 is 1.42. The van der Waals surface area contributed by atoms with Crippen LogP contribution in [0.1, 0.15) is 19.4 Å². The standard InChI is InChI=1S/C19H20N4O2S/c1-12-10-23(11-13(2)25-12)19-21-18(24)16(26-19)8-15-9-20-22-17(15)14-6-4-3-5-7-14/h3-9,12-13H,10-11H2,1-2H3,(H,20,22)/b16-8+/t12-,13-/m0/s1. The number of H-pyrrole nitrogens is 1. The van der Waals surface area contributed by atoms with E-state index < -0.39 is 0 Å². The third-order valence-electron chi connectivity index (χ3n) is 4.32. The first-order valence-electron chi connectivity index (χ1n) is 8.62. The van der Waals surface area contributed by atoms with E-state index in [0.29, 0.717) is 4.91 Å². The minimum absolute atomic E-state index is 0.128. The molecule has 0 bridgehead atoms.